The van der Waals surface area contributed by atoms with E-state index in [0.717, 1.165) is 0 Å². The Morgan fingerprint density at radius 3 is 2.75 bits per heavy atom. The summed E-state index contributed by atoms with van der Waals surface area (Å²) < 4.78 is 10.2. The van der Waals surface area contributed by atoms with Gasteiger partial charge in [-0.25, -0.2) is 0 Å². The number of ether oxygens (including phenoxy) is 2. The van der Waals surface area contributed by atoms with Crippen LogP contribution in [0.3, 0.4) is 0 Å². The summed E-state index contributed by atoms with van der Waals surface area (Å²) in [5.41, 5.74) is 0.613. The number of nitrogens with zero attached hydrogens (tertiary/aromatic N) is 1. The average molecular weight is 246 g/mol. The Kier molecular flexibility index (Phi) is 5.01. The topological polar surface area (TPSA) is 61.6 Å². The van der Waals surface area contributed by atoms with Gasteiger partial charge in [0.2, 0.25) is 0 Å². The van der Waals surface area contributed by atoms with Crippen molar-refractivity contribution in [3.63, 3.8) is 0 Å². The van der Waals surface area contributed by atoms with E-state index in [2.05, 4.69) is 0 Å². The number of methoxy groups -OCH3 is 1. The molecule has 88 valence electrons. The van der Waals surface area contributed by atoms with Crippen LogP contribution in [0.25, 0.3) is 0 Å². The fourth-order valence-electron chi connectivity index (χ4n) is 1.16. The lowest BCUT2D eigenvalue weighted by Crippen LogP contribution is -2.05. The van der Waals surface area contributed by atoms with Gasteiger partial charge in [-0.3, -0.25) is 10.1 Å². The van der Waals surface area contributed by atoms with Crippen molar-refractivity contribution in [2.45, 2.75) is 5.88 Å². The van der Waals surface area contributed by atoms with Gasteiger partial charge in [-0.15, -0.1) is 11.6 Å². The second-order valence-corrected chi connectivity index (χ2v) is 3.29. The number of alkyl halides is 1. The summed E-state index contributed by atoms with van der Waals surface area (Å²) in [6.45, 7) is 0.844. The Bertz CT molecular complexity index is 370. The highest BCUT2D eigenvalue weighted by molar-refractivity contribution is 6.17. The molecule has 0 saturated carbocycles. The van der Waals surface area contributed by atoms with Crippen LogP contribution in [0.15, 0.2) is 18.2 Å². The second kappa shape index (κ2) is 6.30. The minimum Gasteiger partial charge on any atom is -0.491 e. The molecule has 0 fully saturated rings. The smallest absolute Gasteiger partial charge is 0.270 e. The number of nitro benzene ring substituents is 1. The van der Waals surface area contributed by atoms with E-state index < -0.39 is 4.92 Å². The predicted octanol–water partition coefficient (Wildman–Crippen LogP) is 2.36. The van der Waals surface area contributed by atoms with Gasteiger partial charge < -0.3 is 9.47 Å². The first-order valence-electron chi connectivity index (χ1n) is 4.64. The van der Waals surface area contributed by atoms with E-state index in [9.17, 15) is 10.1 Å². The summed E-state index contributed by atoms with van der Waals surface area (Å²) >= 11 is 5.69. The Balaban J connectivity index is 2.80. The zero-order valence-corrected chi connectivity index (χ0v) is 9.57. The van der Waals surface area contributed by atoms with Gasteiger partial charge in [-0.1, -0.05) is 0 Å². The summed E-state index contributed by atoms with van der Waals surface area (Å²) in [4.78, 5) is 10.1. The standard InChI is InChI=1S/C10H12ClNO4/c1-15-4-5-16-10-3-2-9(12(13)14)6-8(10)7-11/h2-3,6H,4-5,7H2,1H3. The zero-order valence-electron chi connectivity index (χ0n) is 8.81. The fraction of sp³-hybridized carbons (Fsp3) is 0.400. The number of non-ortho nitro benzene ring substituents is 1. The first-order valence-corrected chi connectivity index (χ1v) is 5.17. The first kappa shape index (κ1) is 12.7. The van der Waals surface area contributed by atoms with Crippen molar-refractivity contribution in [2.75, 3.05) is 20.3 Å². The van der Waals surface area contributed by atoms with E-state index in [1.165, 1.54) is 12.1 Å². The maximum atomic E-state index is 10.5. The number of benzene rings is 1. The fourth-order valence-corrected chi connectivity index (χ4v) is 1.37. The minimum absolute atomic E-state index is 0.00902. The quantitative estimate of drug-likeness (QED) is 0.334. The Morgan fingerprint density at radius 2 is 2.19 bits per heavy atom. The molecule has 1 rings (SSSR count). The van der Waals surface area contributed by atoms with E-state index >= 15 is 0 Å². The van der Waals surface area contributed by atoms with E-state index in [4.69, 9.17) is 21.1 Å². The summed E-state index contributed by atoms with van der Waals surface area (Å²) in [7, 11) is 1.57. The zero-order chi connectivity index (χ0) is 12.0. The van der Waals surface area contributed by atoms with Gasteiger partial charge in [0, 0.05) is 24.8 Å². The first-order chi connectivity index (χ1) is 7.69. The molecule has 0 spiro atoms. The van der Waals surface area contributed by atoms with Crippen molar-refractivity contribution in [3.8, 4) is 5.75 Å². The molecule has 1 aromatic carbocycles. The van der Waals surface area contributed by atoms with E-state index in [1.807, 2.05) is 0 Å². The van der Waals surface area contributed by atoms with Gasteiger partial charge >= 0.3 is 0 Å². The molecular weight excluding hydrogens is 234 g/mol. The van der Waals surface area contributed by atoms with Gasteiger partial charge in [0.05, 0.1) is 17.4 Å². The van der Waals surface area contributed by atoms with Crippen molar-refractivity contribution in [2.24, 2.45) is 0 Å². The molecule has 0 aromatic heterocycles. The largest absolute Gasteiger partial charge is 0.491 e. The number of halogens is 1. The van der Waals surface area contributed by atoms with Crippen LogP contribution in [0.5, 0.6) is 5.75 Å². The van der Waals surface area contributed by atoms with Crippen LogP contribution in [-0.4, -0.2) is 25.2 Å². The summed E-state index contributed by atoms with van der Waals surface area (Å²) in [5.74, 6) is 0.724. The Hall–Kier alpha value is -1.33. The van der Waals surface area contributed by atoms with Crippen molar-refractivity contribution >= 4 is 17.3 Å². The number of hydrogen-bond acceptors (Lipinski definition) is 4. The van der Waals surface area contributed by atoms with Crippen LogP contribution in [0.2, 0.25) is 0 Å². The molecule has 0 atom stereocenters. The maximum absolute atomic E-state index is 10.5. The highest BCUT2D eigenvalue weighted by Gasteiger charge is 2.10. The van der Waals surface area contributed by atoms with E-state index in [-0.39, 0.29) is 11.6 Å². The molecule has 6 heteroatoms. The average Bonchev–Trinajstić information content (AvgIpc) is 2.29. The molecule has 0 aliphatic heterocycles. The maximum Gasteiger partial charge on any atom is 0.270 e. The number of rotatable bonds is 6. The van der Waals surface area contributed by atoms with Gasteiger partial charge in [0.25, 0.3) is 5.69 Å². The second-order valence-electron chi connectivity index (χ2n) is 3.02. The van der Waals surface area contributed by atoms with Crippen LogP contribution in [0.1, 0.15) is 5.56 Å². The van der Waals surface area contributed by atoms with Gasteiger partial charge in [-0.05, 0) is 6.07 Å². The normalized spacial score (nSPS) is 10.1. The molecule has 0 saturated heterocycles. The Morgan fingerprint density at radius 1 is 1.44 bits per heavy atom. The SMILES string of the molecule is COCCOc1ccc([N+](=O)[O-])cc1CCl. The highest BCUT2D eigenvalue weighted by Crippen LogP contribution is 2.25. The lowest BCUT2D eigenvalue weighted by molar-refractivity contribution is -0.384. The van der Waals surface area contributed by atoms with Gasteiger partial charge in [0.15, 0.2) is 0 Å². The van der Waals surface area contributed by atoms with Gasteiger partial charge in [-0.2, -0.15) is 0 Å². The third-order valence-electron chi connectivity index (χ3n) is 1.94. The molecule has 0 heterocycles. The minimum atomic E-state index is -0.463. The number of nitro groups is 1. The molecule has 0 bridgehead atoms. The molecule has 5 nitrogen and oxygen atoms in total. The van der Waals surface area contributed by atoms with Crippen molar-refractivity contribution in [1.82, 2.24) is 0 Å². The molecule has 0 N–H and O–H groups in total. The number of hydrogen-bond donors (Lipinski definition) is 0. The molecule has 0 aliphatic carbocycles. The van der Waals surface area contributed by atoms with Crippen molar-refractivity contribution in [1.29, 1.82) is 0 Å². The van der Waals surface area contributed by atoms with Gasteiger partial charge in [0.1, 0.15) is 12.4 Å². The molecule has 0 radical (unpaired) electrons. The predicted molar refractivity (Wildman–Crippen MR) is 60.0 cm³/mol. The summed E-state index contributed by atoms with van der Waals surface area (Å²) in [6, 6.07) is 4.35. The molecule has 16 heavy (non-hydrogen) atoms. The monoisotopic (exact) mass is 245 g/mol. The third kappa shape index (κ3) is 3.36. The van der Waals surface area contributed by atoms with Crippen molar-refractivity contribution in [3.05, 3.63) is 33.9 Å². The molecular formula is C10H12ClNO4. The third-order valence-corrected chi connectivity index (χ3v) is 2.23. The van der Waals surface area contributed by atoms with Crippen molar-refractivity contribution < 1.29 is 14.4 Å². The van der Waals surface area contributed by atoms with Crippen LogP contribution < -0.4 is 4.74 Å². The van der Waals surface area contributed by atoms with Crippen LogP contribution in [-0.2, 0) is 10.6 Å². The summed E-state index contributed by atoms with van der Waals surface area (Å²) in [5, 5.41) is 10.5. The van der Waals surface area contributed by atoms with Crippen LogP contribution >= 0.6 is 11.6 Å². The Labute approximate surface area is 98.1 Å². The van der Waals surface area contributed by atoms with Crippen LogP contribution in [0, 0.1) is 10.1 Å². The summed E-state index contributed by atoms with van der Waals surface area (Å²) in [6.07, 6.45) is 0. The van der Waals surface area contributed by atoms with Crippen LogP contribution in [0.4, 0.5) is 5.69 Å². The molecule has 1 aromatic rings. The molecule has 0 amide bonds. The highest BCUT2D eigenvalue weighted by atomic mass is 35.5. The van der Waals surface area contributed by atoms with E-state index in [0.29, 0.717) is 24.5 Å². The molecule has 0 aliphatic rings. The lowest BCUT2D eigenvalue weighted by Gasteiger charge is -2.08. The van der Waals surface area contributed by atoms with E-state index in [1.54, 1.807) is 13.2 Å². The molecule has 0 unspecified atom stereocenters. The lowest BCUT2D eigenvalue weighted by atomic mass is 10.2.